The molecule has 1 N–H and O–H groups in total. The van der Waals surface area contributed by atoms with Gasteiger partial charge in [-0.3, -0.25) is 0 Å². The molecule has 0 spiro atoms. The predicted octanol–water partition coefficient (Wildman–Crippen LogP) is 1.84. The molecule has 1 aromatic carbocycles. The molecule has 0 saturated carbocycles. The first-order valence-corrected chi connectivity index (χ1v) is 4.64. The van der Waals surface area contributed by atoms with Crippen LogP contribution in [-0.2, 0) is 9.53 Å². The van der Waals surface area contributed by atoms with Crippen molar-refractivity contribution in [2.24, 2.45) is 0 Å². The largest absolute Gasteiger partial charge is 0.466 e. The molecule has 0 amide bonds. The van der Waals surface area contributed by atoms with Crippen LogP contribution in [0.1, 0.15) is 18.1 Å². The van der Waals surface area contributed by atoms with Gasteiger partial charge in [-0.15, -0.1) is 0 Å². The highest BCUT2D eigenvalue weighted by molar-refractivity contribution is 5.87. The molecule has 1 atom stereocenters. The Bertz CT molecular complexity index is 343. The Kier molecular flexibility index (Phi) is 4.06. The zero-order chi connectivity index (χ0) is 11.3. The summed E-state index contributed by atoms with van der Waals surface area (Å²) in [5, 5.41) is 9.77. The lowest BCUT2D eigenvalue weighted by Gasteiger charge is -2.11. The number of rotatable bonds is 4. The Morgan fingerprint density at radius 3 is 2.60 bits per heavy atom. The number of hydrogen-bond donors (Lipinski definition) is 1. The topological polar surface area (TPSA) is 46.5 Å². The third kappa shape index (κ3) is 3.22. The second kappa shape index (κ2) is 5.32. The highest BCUT2D eigenvalue weighted by Crippen LogP contribution is 2.20. The number of methoxy groups -OCH3 is 1. The maximum Gasteiger partial charge on any atom is 0.333 e. The van der Waals surface area contributed by atoms with Crippen LogP contribution < -0.4 is 0 Å². The van der Waals surface area contributed by atoms with Crippen LogP contribution in [0.3, 0.4) is 0 Å². The maximum absolute atomic E-state index is 11.0. The molecule has 3 heteroatoms. The van der Waals surface area contributed by atoms with Crippen molar-refractivity contribution in [3.05, 3.63) is 48.0 Å². The second-order valence-corrected chi connectivity index (χ2v) is 3.23. The summed E-state index contributed by atoms with van der Waals surface area (Å²) in [6.07, 6.45) is -0.519. The smallest absolute Gasteiger partial charge is 0.333 e. The molecule has 1 aromatic rings. The summed E-state index contributed by atoms with van der Waals surface area (Å²) < 4.78 is 4.50. The standard InChI is InChI=1S/C12H14O3/c1-9(12(14)15-2)8-11(13)10-6-4-3-5-7-10/h3-7,11,13H,1,8H2,2H3/t11-/m1/s1. The summed E-state index contributed by atoms with van der Waals surface area (Å²) in [5.74, 6) is -0.481. The number of esters is 1. The number of aliphatic hydroxyl groups excluding tert-OH is 1. The molecule has 0 aromatic heterocycles. The van der Waals surface area contributed by atoms with Gasteiger partial charge in [-0.25, -0.2) is 4.79 Å². The van der Waals surface area contributed by atoms with Crippen LogP contribution in [0.15, 0.2) is 42.5 Å². The second-order valence-electron chi connectivity index (χ2n) is 3.23. The molecule has 0 aliphatic rings. The van der Waals surface area contributed by atoms with Crippen LogP contribution in [0, 0.1) is 0 Å². The van der Waals surface area contributed by atoms with Gasteiger partial charge in [0.1, 0.15) is 0 Å². The van der Waals surface area contributed by atoms with Gasteiger partial charge in [-0.2, -0.15) is 0 Å². The van der Waals surface area contributed by atoms with Gasteiger partial charge in [0.2, 0.25) is 0 Å². The lowest BCUT2D eigenvalue weighted by atomic mass is 10.0. The van der Waals surface area contributed by atoms with Crippen LogP contribution in [0.4, 0.5) is 0 Å². The summed E-state index contributed by atoms with van der Waals surface area (Å²) in [6, 6.07) is 9.13. The van der Waals surface area contributed by atoms with E-state index in [9.17, 15) is 9.90 Å². The number of carbonyl (C=O) groups excluding carboxylic acids is 1. The normalized spacial score (nSPS) is 11.9. The van der Waals surface area contributed by atoms with Gasteiger partial charge in [0.25, 0.3) is 0 Å². The van der Waals surface area contributed by atoms with Gasteiger partial charge in [0, 0.05) is 12.0 Å². The number of hydrogen-bond acceptors (Lipinski definition) is 3. The minimum Gasteiger partial charge on any atom is -0.466 e. The van der Waals surface area contributed by atoms with E-state index in [0.717, 1.165) is 5.56 Å². The van der Waals surface area contributed by atoms with E-state index >= 15 is 0 Å². The van der Waals surface area contributed by atoms with E-state index in [1.807, 2.05) is 18.2 Å². The zero-order valence-corrected chi connectivity index (χ0v) is 8.64. The Hall–Kier alpha value is -1.61. The molecule has 3 nitrogen and oxygen atoms in total. The third-order valence-corrected chi connectivity index (χ3v) is 2.10. The number of aliphatic hydroxyl groups is 1. The first-order chi connectivity index (χ1) is 7.15. The van der Waals surface area contributed by atoms with E-state index in [4.69, 9.17) is 0 Å². The molecule has 0 bridgehead atoms. The maximum atomic E-state index is 11.0. The lowest BCUT2D eigenvalue weighted by Crippen LogP contribution is -2.08. The summed E-state index contributed by atoms with van der Waals surface area (Å²) in [6.45, 7) is 3.56. The monoisotopic (exact) mass is 206 g/mol. The summed E-state index contributed by atoms with van der Waals surface area (Å²) in [4.78, 5) is 11.0. The fourth-order valence-corrected chi connectivity index (χ4v) is 1.25. The molecular formula is C12H14O3. The molecule has 0 fully saturated rings. The molecule has 15 heavy (non-hydrogen) atoms. The SMILES string of the molecule is C=C(C[C@@H](O)c1ccccc1)C(=O)OC. The van der Waals surface area contributed by atoms with Crippen molar-refractivity contribution >= 4 is 5.97 Å². The Morgan fingerprint density at radius 1 is 1.47 bits per heavy atom. The lowest BCUT2D eigenvalue weighted by molar-refractivity contribution is -0.136. The zero-order valence-electron chi connectivity index (χ0n) is 8.64. The van der Waals surface area contributed by atoms with Crippen molar-refractivity contribution in [1.82, 2.24) is 0 Å². The molecule has 1 rings (SSSR count). The number of benzene rings is 1. The Labute approximate surface area is 89.0 Å². The predicted molar refractivity (Wildman–Crippen MR) is 57.2 cm³/mol. The van der Waals surface area contributed by atoms with E-state index in [1.165, 1.54) is 7.11 Å². The van der Waals surface area contributed by atoms with Crippen molar-refractivity contribution in [2.45, 2.75) is 12.5 Å². The number of ether oxygens (including phenoxy) is 1. The summed E-state index contributed by atoms with van der Waals surface area (Å²) in [7, 11) is 1.29. The van der Waals surface area contributed by atoms with E-state index in [1.54, 1.807) is 12.1 Å². The first kappa shape index (κ1) is 11.5. The molecule has 0 unspecified atom stereocenters. The van der Waals surface area contributed by atoms with Gasteiger partial charge in [0.05, 0.1) is 13.2 Å². The van der Waals surface area contributed by atoms with Crippen LogP contribution >= 0.6 is 0 Å². The van der Waals surface area contributed by atoms with Gasteiger partial charge in [-0.1, -0.05) is 36.9 Å². The van der Waals surface area contributed by atoms with Crippen LogP contribution in [0.2, 0.25) is 0 Å². The minimum absolute atomic E-state index is 0.191. The van der Waals surface area contributed by atoms with Crippen molar-refractivity contribution in [1.29, 1.82) is 0 Å². The van der Waals surface area contributed by atoms with Gasteiger partial charge in [-0.05, 0) is 5.56 Å². The molecule has 0 radical (unpaired) electrons. The molecule has 0 heterocycles. The van der Waals surface area contributed by atoms with Gasteiger partial charge < -0.3 is 9.84 Å². The van der Waals surface area contributed by atoms with Crippen molar-refractivity contribution in [2.75, 3.05) is 7.11 Å². The van der Waals surface area contributed by atoms with Crippen molar-refractivity contribution < 1.29 is 14.6 Å². The highest BCUT2D eigenvalue weighted by Gasteiger charge is 2.13. The van der Waals surface area contributed by atoms with E-state index in [2.05, 4.69) is 11.3 Å². The quantitative estimate of drug-likeness (QED) is 0.604. The van der Waals surface area contributed by atoms with Crippen molar-refractivity contribution in [3.63, 3.8) is 0 Å². The van der Waals surface area contributed by atoms with E-state index in [-0.39, 0.29) is 12.0 Å². The average molecular weight is 206 g/mol. The van der Waals surface area contributed by atoms with Crippen molar-refractivity contribution in [3.8, 4) is 0 Å². The average Bonchev–Trinajstić information content (AvgIpc) is 2.29. The summed E-state index contributed by atoms with van der Waals surface area (Å²) in [5.41, 5.74) is 1.04. The van der Waals surface area contributed by atoms with Gasteiger partial charge >= 0.3 is 5.97 Å². The molecule has 80 valence electrons. The molecule has 0 aliphatic heterocycles. The Morgan fingerprint density at radius 2 is 2.07 bits per heavy atom. The molecule has 0 aliphatic carbocycles. The van der Waals surface area contributed by atoms with E-state index < -0.39 is 12.1 Å². The van der Waals surface area contributed by atoms with E-state index in [0.29, 0.717) is 0 Å². The fourth-order valence-electron chi connectivity index (χ4n) is 1.25. The first-order valence-electron chi connectivity index (χ1n) is 4.64. The fraction of sp³-hybridized carbons (Fsp3) is 0.250. The van der Waals surface area contributed by atoms with Crippen LogP contribution in [-0.4, -0.2) is 18.2 Å². The van der Waals surface area contributed by atoms with Gasteiger partial charge in [0.15, 0.2) is 0 Å². The molecular weight excluding hydrogens is 192 g/mol. The summed E-state index contributed by atoms with van der Waals surface area (Å²) >= 11 is 0. The third-order valence-electron chi connectivity index (χ3n) is 2.10. The Balaban J connectivity index is 2.60. The van der Waals surface area contributed by atoms with Crippen LogP contribution in [0.25, 0.3) is 0 Å². The number of carbonyl (C=O) groups is 1. The highest BCUT2D eigenvalue weighted by atomic mass is 16.5. The molecule has 0 saturated heterocycles. The minimum atomic E-state index is -0.710. The van der Waals surface area contributed by atoms with Crippen LogP contribution in [0.5, 0.6) is 0 Å².